The third-order valence-electron chi connectivity index (χ3n) is 4.21. The fourth-order valence-electron chi connectivity index (χ4n) is 2.76. The number of anilines is 1. The summed E-state index contributed by atoms with van der Waals surface area (Å²) in [5, 5.41) is 7.19. The summed E-state index contributed by atoms with van der Waals surface area (Å²) in [5.41, 5.74) is 1.11. The lowest BCUT2D eigenvalue weighted by molar-refractivity contribution is -0.118. The number of nitrogens with zero attached hydrogens (tertiary/aromatic N) is 2. The Morgan fingerprint density at radius 3 is 2.52 bits per heavy atom. The zero-order valence-corrected chi connectivity index (χ0v) is 17.1. The highest BCUT2D eigenvalue weighted by molar-refractivity contribution is 6.32. The van der Waals surface area contributed by atoms with Crippen molar-refractivity contribution < 1.29 is 18.8 Å². The van der Waals surface area contributed by atoms with Crippen LogP contribution in [0.2, 0.25) is 5.02 Å². The van der Waals surface area contributed by atoms with Crippen molar-refractivity contribution in [3.05, 3.63) is 89.7 Å². The standard InChI is InChI=1S/C23H18ClN3O4/c24-18-11-5-7-13-20(18)30-15-22(28)25-19-12-6-4-10-17(19)23-26-21(27-31-23)14-29-16-8-2-1-3-9-16/h1-13H,14-15H2,(H,25,28). The number of benzene rings is 3. The monoisotopic (exact) mass is 435 g/mol. The van der Waals surface area contributed by atoms with Crippen molar-refractivity contribution in [1.82, 2.24) is 10.1 Å². The van der Waals surface area contributed by atoms with Crippen molar-refractivity contribution in [2.45, 2.75) is 6.61 Å². The number of carbonyl (C=O) groups excluding carboxylic acids is 1. The molecule has 31 heavy (non-hydrogen) atoms. The molecule has 1 amide bonds. The lowest BCUT2D eigenvalue weighted by Gasteiger charge is -2.10. The van der Waals surface area contributed by atoms with E-state index in [0.29, 0.717) is 33.6 Å². The van der Waals surface area contributed by atoms with Gasteiger partial charge in [0.2, 0.25) is 5.82 Å². The number of ether oxygens (including phenoxy) is 2. The van der Waals surface area contributed by atoms with Crippen LogP contribution in [0.4, 0.5) is 5.69 Å². The lowest BCUT2D eigenvalue weighted by Crippen LogP contribution is -2.20. The molecule has 156 valence electrons. The van der Waals surface area contributed by atoms with Crippen LogP contribution in [0.15, 0.2) is 83.4 Å². The first-order valence-electron chi connectivity index (χ1n) is 9.46. The van der Waals surface area contributed by atoms with E-state index in [9.17, 15) is 4.79 Å². The summed E-state index contributed by atoms with van der Waals surface area (Å²) in [7, 11) is 0. The number of hydrogen-bond acceptors (Lipinski definition) is 6. The first-order valence-corrected chi connectivity index (χ1v) is 9.84. The third kappa shape index (κ3) is 5.40. The molecule has 7 nitrogen and oxygen atoms in total. The van der Waals surface area contributed by atoms with Crippen LogP contribution in [-0.4, -0.2) is 22.7 Å². The number of halogens is 1. The molecule has 4 rings (SSSR count). The molecule has 1 aromatic heterocycles. The summed E-state index contributed by atoms with van der Waals surface area (Å²) in [6.45, 7) is -0.0359. The Balaban J connectivity index is 1.41. The van der Waals surface area contributed by atoms with Gasteiger partial charge in [0.25, 0.3) is 11.8 Å². The van der Waals surface area contributed by atoms with Crippen LogP contribution >= 0.6 is 11.6 Å². The van der Waals surface area contributed by atoms with Crippen molar-refractivity contribution in [1.29, 1.82) is 0 Å². The number of nitrogens with one attached hydrogen (secondary N) is 1. The molecular weight excluding hydrogens is 418 g/mol. The Morgan fingerprint density at radius 1 is 0.935 bits per heavy atom. The minimum Gasteiger partial charge on any atom is -0.485 e. The Hall–Kier alpha value is -3.84. The van der Waals surface area contributed by atoms with Gasteiger partial charge in [0.15, 0.2) is 13.2 Å². The molecule has 4 aromatic rings. The Bertz CT molecular complexity index is 1160. The minimum absolute atomic E-state index is 0.160. The zero-order chi connectivity index (χ0) is 21.5. The molecule has 0 aliphatic rings. The van der Waals surface area contributed by atoms with Gasteiger partial charge in [-0.25, -0.2) is 0 Å². The van der Waals surface area contributed by atoms with Gasteiger partial charge >= 0.3 is 0 Å². The van der Waals surface area contributed by atoms with Gasteiger partial charge in [-0.3, -0.25) is 4.79 Å². The van der Waals surface area contributed by atoms with Crippen molar-refractivity contribution >= 4 is 23.2 Å². The fraction of sp³-hybridized carbons (Fsp3) is 0.0870. The highest BCUT2D eigenvalue weighted by Crippen LogP contribution is 2.27. The van der Waals surface area contributed by atoms with Crippen molar-refractivity contribution in [2.24, 2.45) is 0 Å². The van der Waals surface area contributed by atoms with E-state index in [-0.39, 0.29) is 25.0 Å². The Labute approximate surface area is 183 Å². The van der Waals surface area contributed by atoms with Gasteiger partial charge in [-0.2, -0.15) is 4.98 Å². The molecular formula is C23H18ClN3O4. The maximum Gasteiger partial charge on any atom is 0.262 e. The predicted molar refractivity (Wildman–Crippen MR) is 116 cm³/mol. The molecule has 1 N–H and O–H groups in total. The average Bonchev–Trinajstić information content (AvgIpc) is 3.27. The third-order valence-corrected chi connectivity index (χ3v) is 4.52. The van der Waals surface area contributed by atoms with Gasteiger partial charge in [-0.15, -0.1) is 0 Å². The summed E-state index contributed by atoms with van der Waals surface area (Å²) in [6.07, 6.45) is 0. The van der Waals surface area contributed by atoms with E-state index < -0.39 is 0 Å². The molecule has 0 saturated heterocycles. The van der Waals surface area contributed by atoms with Crippen LogP contribution in [-0.2, 0) is 11.4 Å². The zero-order valence-electron chi connectivity index (χ0n) is 16.3. The summed E-state index contributed by atoms with van der Waals surface area (Å²) >= 11 is 6.05. The molecule has 0 atom stereocenters. The van der Waals surface area contributed by atoms with Crippen molar-refractivity contribution in [3.63, 3.8) is 0 Å². The normalized spacial score (nSPS) is 10.5. The van der Waals surface area contributed by atoms with Crippen LogP contribution in [0.25, 0.3) is 11.5 Å². The van der Waals surface area contributed by atoms with Gasteiger partial charge in [0, 0.05) is 0 Å². The van der Waals surface area contributed by atoms with Crippen LogP contribution in [0, 0.1) is 0 Å². The second-order valence-electron chi connectivity index (χ2n) is 6.43. The van der Waals surface area contributed by atoms with E-state index in [1.165, 1.54) is 0 Å². The molecule has 0 saturated carbocycles. The van der Waals surface area contributed by atoms with E-state index >= 15 is 0 Å². The molecule has 0 fully saturated rings. The number of para-hydroxylation sites is 3. The summed E-state index contributed by atoms with van der Waals surface area (Å²) in [6, 6.07) is 23.4. The Kier molecular flexibility index (Phi) is 6.44. The van der Waals surface area contributed by atoms with Crippen LogP contribution in [0.1, 0.15) is 5.82 Å². The molecule has 0 bridgehead atoms. The topological polar surface area (TPSA) is 86.5 Å². The molecule has 0 aliphatic carbocycles. The van der Waals surface area contributed by atoms with E-state index in [2.05, 4.69) is 15.5 Å². The second kappa shape index (κ2) is 9.77. The summed E-state index contributed by atoms with van der Waals surface area (Å²) < 4.78 is 16.5. The smallest absolute Gasteiger partial charge is 0.262 e. The molecule has 0 aliphatic heterocycles. The van der Waals surface area contributed by atoms with Crippen LogP contribution < -0.4 is 14.8 Å². The molecule has 8 heteroatoms. The number of rotatable bonds is 8. The van der Waals surface area contributed by atoms with Gasteiger partial charge < -0.3 is 19.3 Å². The fourth-order valence-corrected chi connectivity index (χ4v) is 2.95. The summed E-state index contributed by atoms with van der Waals surface area (Å²) in [4.78, 5) is 16.7. The predicted octanol–water partition coefficient (Wildman–Crippen LogP) is 4.99. The first-order chi connectivity index (χ1) is 15.2. The van der Waals surface area contributed by atoms with Gasteiger partial charge in [-0.05, 0) is 36.4 Å². The van der Waals surface area contributed by atoms with Crippen molar-refractivity contribution in [3.8, 4) is 23.0 Å². The molecule has 0 spiro atoms. The lowest BCUT2D eigenvalue weighted by atomic mass is 10.1. The van der Waals surface area contributed by atoms with E-state index in [1.807, 2.05) is 36.4 Å². The molecule has 0 unspecified atom stereocenters. The molecule has 1 heterocycles. The number of hydrogen-bond donors (Lipinski definition) is 1. The molecule has 0 radical (unpaired) electrons. The first kappa shape index (κ1) is 20.4. The number of carbonyl (C=O) groups is 1. The number of amides is 1. The quantitative estimate of drug-likeness (QED) is 0.419. The highest BCUT2D eigenvalue weighted by Gasteiger charge is 2.15. The van der Waals surface area contributed by atoms with Crippen molar-refractivity contribution in [2.75, 3.05) is 11.9 Å². The SMILES string of the molecule is O=C(COc1ccccc1Cl)Nc1ccccc1-c1nc(COc2ccccc2)no1. The van der Waals surface area contributed by atoms with E-state index in [0.717, 1.165) is 0 Å². The van der Waals surface area contributed by atoms with E-state index in [4.69, 9.17) is 25.6 Å². The maximum atomic E-state index is 12.4. The van der Waals surface area contributed by atoms with Gasteiger partial charge in [-0.1, -0.05) is 59.2 Å². The largest absolute Gasteiger partial charge is 0.485 e. The van der Waals surface area contributed by atoms with Crippen LogP contribution in [0.5, 0.6) is 11.5 Å². The second-order valence-corrected chi connectivity index (χ2v) is 6.84. The van der Waals surface area contributed by atoms with Crippen LogP contribution in [0.3, 0.4) is 0 Å². The highest BCUT2D eigenvalue weighted by atomic mass is 35.5. The molecule has 3 aromatic carbocycles. The maximum absolute atomic E-state index is 12.4. The Morgan fingerprint density at radius 2 is 1.68 bits per heavy atom. The van der Waals surface area contributed by atoms with Gasteiger partial charge in [0.1, 0.15) is 11.5 Å². The minimum atomic E-state index is -0.348. The summed E-state index contributed by atoms with van der Waals surface area (Å²) in [5.74, 6) is 1.46. The average molecular weight is 436 g/mol. The van der Waals surface area contributed by atoms with E-state index in [1.54, 1.807) is 42.5 Å². The number of aromatic nitrogens is 2. The van der Waals surface area contributed by atoms with Gasteiger partial charge in [0.05, 0.1) is 16.3 Å².